The van der Waals surface area contributed by atoms with Crippen LogP contribution in [0.15, 0.2) is 24.3 Å². The Kier molecular flexibility index (Phi) is 1.61. The first-order chi connectivity index (χ1) is 5.38. The average Bonchev–Trinajstić information content (AvgIpc) is 2.06. The van der Waals surface area contributed by atoms with Gasteiger partial charge in [-0.2, -0.15) is 0 Å². The molecule has 0 aromatic heterocycles. The van der Waals surface area contributed by atoms with E-state index in [2.05, 4.69) is 43.5 Å². The summed E-state index contributed by atoms with van der Waals surface area (Å²) < 4.78 is 0. The lowest BCUT2D eigenvalue weighted by Gasteiger charge is -2.26. The van der Waals surface area contributed by atoms with Gasteiger partial charge in [-0.05, 0) is 6.07 Å². The van der Waals surface area contributed by atoms with E-state index in [1.54, 1.807) is 0 Å². The van der Waals surface area contributed by atoms with Crippen LogP contribution in [0.2, 0.25) is 6.32 Å². The van der Waals surface area contributed by atoms with Crippen molar-refractivity contribution in [2.24, 2.45) is 0 Å². The molecule has 1 nitrogen and oxygen atoms in total. The number of fused-ring (bicyclic) bond motifs is 1. The lowest BCUT2D eigenvalue weighted by atomic mass is 9.64. The van der Waals surface area contributed by atoms with Crippen LogP contribution in [0.1, 0.15) is 0 Å². The molecular weight excluding hydrogens is 133 g/mol. The van der Waals surface area contributed by atoms with Crippen molar-refractivity contribution in [2.45, 2.75) is 6.32 Å². The van der Waals surface area contributed by atoms with Crippen molar-refractivity contribution in [3.63, 3.8) is 0 Å². The molecule has 0 bridgehead atoms. The first-order valence-corrected chi connectivity index (χ1v) is 4.01. The largest absolute Gasteiger partial charge is 0.376 e. The molecule has 0 aliphatic carbocycles. The van der Waals surface area contributed by atoms with Gasteiger partial charge in [0.25, 0.3) is 0 Å². The summed E-state index contributed by atoms with van der Waals surface area (Å²) in [5.41, 5.74) is 2.74. The molecule has 1 aromatic rings. The molecule has 2 rings (SSSR count). The van der Waals surface area contributed by atoms with Crippen LogP contribution in [0.5, 0.6) is 0 Å². The van der Waals surface area contributed by atoms with E-state index in [0.717, 1.165) is 6.54 Å². The van der Waals surface area contributed by atoms with Gasteiger partial charge in [-0.3, -0.25) is 0 Å². The first-order valence-electron chi connectivity index (χ1n) is 4.01. The maximum absolute atomic E-state index is 2.30. The van der Waals surface area contributed by atoms with E-state index in [0.29, 0.717) is 0 Å². The van der Waals surface area contributed by atoms with E-state index in [1.165, 1.54) is 17.5 Å². The van der Waals surface area contributed by atoms with E-state index < -0.39 is 0 Å². The molecule has 2 heteroatoms. The van der Waals surface area contributed by atoms with Gasteiger partial charge in [0.05, 0.1) is 0 Å². The Balaban J connectivity index is 2.44. The predicted octanol–water partition coefficient (Wildman–Crippen LogP) is 0.884. The third-order valence-corrected chi connectivity index (χ3v) is 2.18. The monoisotopic (exact) mass is 144 g/mol. The van der Waals surface area contributed by atoms with Crippen LogP contribution in [0.25, 0.3) is 0 Å². The number of hydrogen-bond donors (Lipinski definition) is 0. The average molecular weight is 144 g/mol. The third-order valence-electron chi connectivity index (χ3n) is 2.18. The summed E-state index contributed by atoms with van der Waals surface area (Å²) in [5.74, 6) is 0. The molecule has 1 heterocycles. The molecule has 0 saturated carbocycles. The third kappa shape index (κ3) is 1.13. The second-order valence-corrected chi connectivity index (χ2v) is 2.97. The molecule has 0 saturated heterocycles. The van der Waals surface area contributed by atoms with Gasteiger partial charge in [0.15, 0.2) is 7.28 Å². The summed E-state index contributed by atoms with van der Waals surface area (Å²) in [4.78, 5) is 2.30. The highest BCUT2D eigenvalue weighted by molar-refractivity contribution is 6.56. The molecule has 0 spiro atoms. The quantitative estimate of drug-likeness (QED) is 0.488. The Morgan fingerprint density at radius 3 is 3.00 bits per heavy atom. The van der Waals surface area contributed by atoms with Crippen molar-refractivity contribution in [3.8, 4) is 0 Å². The van der Waals surface area contributed by atoms with Crippen LogP contribution >= 0.6 is 0 Å². The van der Waals surface area contributed by atoms with Crippen LogP contribution in [0.4, 0.5) is 5.69 Å². The van der Waals surface area contributed by atoms with E-state index in [1.807, 2.05) is 0 Å². The second kappa shape index (κ2) is 2.61. The molecular formula is C9H11BN. The minimum absolute atomic E-state index is 1.15. The van der Waals surface area contributed by atoms with E-state index >= 15 is 0 Å². The molecule has 0 amide bonds. The summed E-state index contributed by atoms with van der Waals surface area (Å²) in [6.45, 7) is 1.15. The fraction of sp³-hybridized carbons (Fsp3) is 0.333. The van der Waals surface area contributed by atoms with Crippen molar-refractivity contribution in [1.29, 1.82) is 0 Å². The highest BCUT2D eigenvalue weighted by Gasteiger charge is 2.12. The number of rotatable bonds is 0. The number of nitrogens with zero attached hydrogens (tertiary/aromatic N) is 1. The van der Waals surface area contributed by atoms with Gasteiger partial charge in [-0.15, -0.1) is 0 Å². The van der Waals surface area contributed by atoms with E-state index in [9.17, 15) is 0 Å². The Labute approximate surface area is 68.3 Å². The van der Waals surface area contributed by atoms with Crippen LogP contribution in [-0.4, -0.2) is 20.9 Å². The van der Waals surface area contributed by atoms with Crippen LogP contribution < -0.4 is 10.4 Å². The van der Waals surface area contributed by atoms with Gasteiger partial charge < -0.3 is 4.90 Å². The summed E-state index contributed by atoms with van der Waals surface area (Å²) in [6.07, 6.45) is 1.17. The topological polar surface area (TPSA) is 3.24 Å². The van der Waals surface area contributed by atoms with Crippen molar-refractivity contribution in [2.75, 3.05) is 18.5 Å². The normalized spacial score (nSPS) is 15.5. The van der Waals surface area contributed by atoms with Crippen molar-refractivity contribution >= 4 is 18.4 Å². The number of hydrogen-bond acceptors (Lipinski definition) is 1. The van der Waals surface area contributed by atoms with Crippen LogP contribution in [0.3, 0.4) is 0 Å². The maximum atomic E-state index is 2.30. The van der Waals surface area contributed by atoms with Crippen LogP contribution in [0, 0.1) is 0 Å². The van der Waals surface area contributed by atoms with Crippen molar-refractivity contribution in [1.82, 2.24) is 0 Å². The Morgan fingerprint density at radius 1 is 1.36 bits per heavy atom. The fourth-order valence-electron chi connectivity index (χ4n) is 1.54. The van der Waals surface area contributed by atoms with Gasteiger partial charge in [0, 0.05) is 19.3 Å². The predicted molar refractivity (Wildman–Crippen MR) is 49.9 cm³/mol. The van der Waals surface area contributed by atoms with Gasteiger partial charge in [-0.1, -0.05) is 30.0 Å². The first kappa shape index (κ1) is 6.77. The summed E-state index contributed by atoms with van der Waals surface area (Å²) in [5, 5.41) is 0. The number of benzene rings is 1. The van der Waals surface area contributed by atoms with Crippen LogP contribution in [-0.2, 0) is 0 Å². The smallest absolute Gasteiger partial charge is 0.156 e. The van der Waals surface area contributed by atoms with Gasteiger partial charge >= 0.3 is 0 Å². The lowest BCUT2D eigenvalue weighted by Crippen LogP contribution is -2.34. The summed E-state index contributed by atoms with van der Waals surface area (Å²) in [6, 6.07) is 8.53. The zero-order chi connectivity index (χ0) is 7.68. The molecule has 0 fully saturated rings. The summed E-state index contributed by atoms with van der Waals surface area (Å²) >= 11 is 0. The molecule has 1 radical (unpaired) electrons. The van der Waals surface area contributed by atoms with Gasteiger partial charge in [-0.25, -0.2) is 0 Å². The molecule has 0 atom stereocenters. The second-order valence-electron chi connectivity index (χ2n) is 2.97. The zero-order valence-corrected chi connectivity index (χ0v) is 6.75. The number of para-hydroxylation sites is 1. The Morgan fingerprint density at radius 2 is 2.18 bits per heavy atom. The number of anilines is 1. The van der Waals surface area contributed by atoms with Crippen molar-refractivity contribution in [3.05, 3.63) is 24.3 Å². The van der Waals surface area contributed by atoms with Gasteiger partial charge in [0.2, 0.25) is 0 Å². The molecule has 1 aromatic carbocycles. The molecule has 1 aliphatic heterocycles. The molecule has 0 N–H and O–H groups in total. The highest BCUT2D eigenvalue weighted by atomic mass is 15.1. The van der Waals surface area contributed by atoms with E-state index in [4.69, 9.17) is 0 Å². The Hall–Kier alpha value is -0.915. The van der Waals surface area contributed by atoms with Crippen molar-refractivity contribution < 1.29 is 0 Å². The zero-order valence-electron chi connectivity index (χ0n) is 6.75. The maximum Gasteiger partial charge on any atom is 0.156 e. The highest BCUT2D eigenvalue weighted by Crippen LogP contribution is 2.12. The lowest BCUT2D eigenvalue weighted by molar-refractivity contribution is 0.955. The fourth-order valence-corrected chi connectivity index (χ4v) is 1.54. The molecule has 0 unspecified atom stereocenters. The van der Waals surface area contributed by atoms with E-state index in [-0.39, 0.29) is 0 Å². The SMILES string of the molecule is CN1CC[B]c2ccccc21. The Bertz CT molecular complexity index is 259. The molecule has 1 aliphatic rings. The minimum Gasteiger partial charge on any atom is -0.376 e. The standard InChI is InChI=1S/C9H11BN/c1-11-7-6-10-8-4-2-3-5-9(8)11/h2-5H,6-7H2,1H3. The van der Waals surface area contributed by atoms with Gasteiger partial charge in [0.1, 0.15) is 0 Å². The molecule has 55 valence electrons. The summed E-state index contributed by atoms with van der Waals surface area (Å²) in [7, 11) is 4.45. The molecule has 11 heavy (non-hydrogen) atoms. The minimum atomic E-state index is 1.15.